The van der Waals surface area contributed by atoms with Crippen LogP contribution in [0.25, 0.3) is 0 Å². The fourth-order valence-electron chi connectivity index (χ4n) is 1.45. The maximum absolute atomic E-state index is 13.1. The van der Waals surface area contributed by atoms with E-state index in [1.165, 1.54) is 41.3 Å². The smallest absolute Gasteiger partial charge is 0.237 e. The van der Waals surface area contributed by atoms with E-state index in [4.69, 9.17) is 11.6 Å². The molecule has 0 saturated heterocycles. The minimum Gasteiger partial charge on any atom is -0.325 e. The van der Waals surface area contributed by atoms with Gasteiger partial charge in [0.1, 0.15) is 5.82 Å². The predicted molar refractivity (Wildman–Crippen MR) is 91.7 cm³/mol. The van der Waals surface area contributed by atoms with E-state index < -0.39 is 5.82 Å². The largest absolute Gasteiger partial charge is 0.325 e. The number of nitrogens with zero attached hydrogens (tertiary/aromatic N) is 2. The Morgan fingerprint density at radius 3 is 2.86 bits per heavy atom. The van der Waals surface area contributed by atoms with Gasteiger partial charge in [0.15, 0.2) is 8.68 Å². The average molecular weight is 378 g/mol. The second-order valence-electron chi connectivity index (χ2n) is 4.15. The highest BCUT2D eigenvalue weighted by molar-refractivity contribution is 8.03. The Labute approximate surface area is 145 Å². The summed E-state index contributed by atoms with van der Waals surface area (Å²) < 4.78 is 14.7. The quantitative estimate of drug-likeness (QED) is 0.748. The minimum absolute atomic E-state index is 0.0246. The van der Waals surface area contributed by atoms with Crippen LogP contribution in [0.3, 0.4) is 0 Å². The van der Waals surface area contributed by atoms with Gasteiger partial charge in [0.25, 0.3) is 0 Å². The van der Waals surface area contributed by atoms with Gasteiger partial charge in [0.05, 0.1) is 10.3 Å². The third kappa shape index (κ3) is 4.84. The monoisotopic (exact) mass is 377 g/mol. The summed E-state index contributed by atoms with van der Waals surface area (Å²) in [6, 6.07) is 4.07. The first-order chi connectivity index (χ1) is 10.5. The number of nitrogens with one attached hydrogen (secondary N) is 1. The van der Waals surface area contributed by atoms with Crippen LogP contribution in [-0.2, 0) is 4.79 Å². The van der Waals surface area contributed by atoms with Crippen LogP contribution >= 0.6 is 46.5 Å². The van der Waals surface area contributed by atoms with Crippen LogP contribution in [-0.4, -0.2) is 27.1 Å². The molecule has 0 spiro atoms. The molecule has 1 atom stereocenters. The van der Waals surface area contributed by atoms with Crippen LogP contribution in [0.5, 0.6) is 0 Å². The van der Waals surface area contributed by atoms with Gasteiger partial charge >= 0.3 is 0 Å². The number of benzene rings is 1. The molecule has 1 heterocycles. The van der Waals surface area contributed by atoms with Crippen molar-refractivity contribution in [1.82, 2.24) is 10.2 Å². The van der Waals surface area contributed by atoms with E-state index in [0.29, 0.717) is 5.69 Å². The number of amides is 1. The number of thioether (sulfide) groups is 2. The van der Waals surface area contributed by atoms with Crippen molar-refractivity contribution in [2.75, 3.05) is 11.1 Å². The van der Waals surface area contributed by atoms with Crippen molar-refractivity contribution in [2.45, 2.75) is 27.8 Å². The van der Waals surface area contributed by atoms with Gasteiger partial charge in [-0.2, -0.15) is 0 Å². The van der Waals surface area contributed by atoms with E-state index in [2.05, 4.69) is 15.5 Å². The van der Waals surface area contributed by atoms with Crippen molar-refractivity contribution in [3.8, 4) is 0 Å². The fourth-order valence-corrected chi connectivity index (χ4v) is 4.69. The van der Waals surface area contributed by atoms with Gasteiger partial charge in [-0.3, -0.25) is 4.79 Å². The zero-order valence-electron chi connectivity index (χ0n) is 11.8. The molecule has 0 aliphatic rings. The third-order valence-electron chi connectivity index (χ3n) is 2.49. The summed E-state index contributed by atoms with van der Waals surface area (Å²) in [4.78, 5) is 12.1. The van der Waals surface area contributed by atoms with Crippen molar-refractivity contribution in [1.29, 1.82) is 0 Å². The lowest BCUT2D eigenvalue weighted by Crippen LogP contribution is -2.22. The standard InChI is InChI=1S/C13H13ClFN3OS3/c1-3-20-12-17-18-13(22-12)21-7(2)11(19)16-8-4-5-10(15)9(14)6-8/h4-7H,3H2,1-2H3,(H,16,19). The van der Waals surface area contributed by atoms with Gasteiger partial charge in [0.2, 0.25) is 5.91 Å². The van der Waals surface area contributed by atoms with Gasteiger partial charge < -0.3 is 5.32 Å². The van der Waals surface area contributed by atoms with Crippen LogP contribution in [0.15, 0.2) is 26.9 Å². The summed E-state index contributed by atoms with van der Waals surface area (Å²) in [5.41, 5.74) is 0.461. The Kier molecular flexibility index (Phi) is 6.49. The summed E-state index contributed by atoms with van der Waals surface area (Å²) >= 11 is 10.1. The molecule has 0 fully saturated rings. The second-order valence-corrected chi connectivity index (χ2v) is 8.63. The SMILES string of the molecule is CCSc1nnc(SC(C)C(=O)Nc2ccc(F)c(Cl)c2)s1. The molecule has 0 saturated carbocycles. The van der Waals surface area contributed by atoms with Gasteiger partial charge in [-0.1, -0.05) is 53.4 Å². The normalized spacial score (nSPS) is 12.2. The molecule has 1 amide bonds. The average Bonchev–Trinajstić information content (AvgIpc) is 2.90. The molecule has 1 N–H and O–H groups in total. The van der Waals surface area contributed by atoms with Gasteiger partial charge in [-0.15, -0.1) is 10.2 Å². The summed E-state index contributed by atoms with van der Waals surface area (Å²) in [7, 11) is 0. The van der Waals surface area contributed by atoms with E-state index >= 15 is 0 Å². The summed E-state index contributed by atoms with van der Waals surface area (Å²) in [6.45, 7) is 3.82. The van der Waals surface area contributed by atoms with E-state index in [1.807, 2.05) is 6.92 Å². The molecule has 2 rings (SSSR count). The lowest BCUT2D eigenvalue weighted by molar-refractivity contribution is -0.115. The first kappa shape index (κ1) is 17.5. The molecular formula is C13H13ClFN3OS3. The number of anilines is 1. The topological polar surface area (TPSA) is 54.9 Å². The zero-order chi connectivity index (χ0) is 16.1. The maximum Gasteiger partial charge on any atom is 0.237 e. The molecular weight excluding hydrogens is 365 g/mol. The Balaban J connectivity index is 1.94. The summed E-state index contributed by atoms with van der Waals surface area (Å²) in [6.07, 6.45) is 0. The molecule has 1 aromatic heterocycles. The molecule has 0 radical (unpaired) electrons. The fraction of sp³-hybridized carbons (Fsp3) is 0.308. The van der Waals surface area contributed by atoms with Crippen LogP contribution in [0.1, 0.15) is 13.8 Å². The molecule has 2 aromatic rings. The van der Waals surface area contributed by atoms with Gasteiger partial charge in [0, 0.05) is 5.69 Å². The molecule has 4 nitrogen and oxygen atoms in total. The molecule has 1 aromatic carbocycles. The van der Waals surface area contributed by atoms with E-state index in [0.717, 1.165) is 14.4 Å². The van der Waals surface area contributed by atoms with Gasteiger partial charge in [-0.05, 0) is 30.9 Å². The number of carbonyl (C=O) groups excluding carboxylic acids is 1. The van der Waals surface area contributed by atoms with Crippen molar-refractivity contribution in [2.24, 2.45) is 0 Å². The van der Waals surface area contributed by atoms with E-state index in [9.17, 15) is 9.18 Å². The van der Waals surface area contributed by atoms with E-state index in [-0.39, 0.29) is 16.2 Å². The van der Waals surface area contributed by atoms with Crippen LogP contribution in [0, 0.1) is 5.82 Å². The lowest BCUT2D eigenvalue weighted by Gasteiger charge is -2.10. The summed E-state index contributed by atoms with van der Waals surface area (Å²) in [5.74, 6) is 0.213. The van der Waals surface area contributed by atoms with Crippen LogP contribution in [0.4, 0.5) is 10.1 Å². The van der Waals surface area contributed by atoms with Crippen molar-refractivity contribution < 1.29 is 9.18 Å². The lowest BCUT2D eigenvalue weighted by atomic mass is 10.3. The van der Waals surface area contributed by atoms with Crippen LogP contribution < -0.4 is 5.32 Å². The first-order valence-corrected chi connectivity index (χ1v) is 9.44. The molecule has 118 valence electrons. The number of aromatic nitrogens is 2. The molecule has 9 heteroatoms. The van der Waals surface area contributed by atoms with E-state index in [1.54, 1.807) is 18.7 Å². The molecule has 1 unspecified atom stereocenters. The Hall–Kier alpha value is -0.830. The van der Waals surface area contributed by atoms with Crippen molar-refractivity contribution in [3.05, 3.63) is 29.0 Å². The number of hydrogen-bond acceptors (Lipinski definition) is 6. The highest BCUT2D eigenvalue weighted by Crippen LogP contribution is 2.31. The minimum atomic E-state index is -0.517. The summed E-state index contributed by atoms with van der Waals surface area (Å²) in [5, 5.41) is 10.4. The number of carbonyl (C=O) groups is 1. The number of rotatable bonds is 6. The third-order valence-corrected chi connectivity index (χ3v) is 5.90. The van der Waals surface area contributed by atoms with Crippen molar-refractivity contribution in [3.63, 3.8) is 0 Å². The second kappa shape index (κ2) is 8.14. The maximum atomic E-state index is 13.1. The Morgan fingerprint density at radius 1 is 1.45 bits per heavy atom. The predicted octanol–water partition coefficient (Wildman–Crippen LogP) is 4.56. The first-order valence-electron chi connectivity index (χ1n) is 6.38. The number of hydrogen-bond donors (Lipinski definition) is 1. The van der Waals surface area contributed by atoms with Gasteiger partial charge in [-0.25, -0.2) is 4.39 Å². The molecule has 0 aliphatic carbocycles. The highest BCUT2D eigenvalue weighted by atomic mass is 35.5. The van der Waals surface area contributed by atoms with Crippen molar-refractivity contribution >= 4 is 58.1 Å². The Bertz CT molecular complexity index is 668. The molecule has 22 heavy (non-hydrogen) atoms. The highest BCUT2D eigenvalue weighted by Gasteiger charge is 2.17. The van der Waals surface area contributed by atoms with Crippen LogP contribution in [0.2, 0.25) is 5.02 Å². The number of halogens is 2. The Morgan fingerprint density at radius 2 is 2.18 bits per heavy atom. The molecule has 0 aliphatic heterocycles. The molecule has 0 bridgehead atoms. The zero-order valence-corrected chi connectivity index (χ0v) is 15.0.